The van der Waals surface area contributed by atoms with Crippen LogP contribution < -0.4 is 5.32 Å². The average Bonchev–Trinajstić information content (AvgIpc) is 2.87. The summed E-state index contributed by atoms with van der Waals surface area (Å²) >= 11 is 0. The van der Waals surface area contributed by atoms with Gasteiger partial charge in [-0.05, 0) is 30.5 Å². The molecule has 2 aromatic rings. The van der Waals surface area contributed by atoms with Gasteiger partial charge in [0.05, 0.1) is 6.04 Å². The van der Waals surface area contributed by atoms with E-state index in [1.165, 1.54) is 22.2 Å². The molecule has 0 radical (unpaired) electrons. The van der Waals surface area contributed by atoms with E-state index in [1.54, 1.807) is 0 Å². The Morgan fingerprint density at radius 1 is 1.31 bits per heavy atom. The van der Waals surface area contributed by atoms with E-state index < -0.39 is 0 Å². The summed E-state index contributed by atoms with van der Waals surface area (Å²) in [5.41, 5.74) is 3.89. The zero-order valence-corrected chi connectivity index (χ0v) is 7.59. The number of hydrogen-bond acceptors (Lipinski definition) is 1. The van der Waals surface area contributed by atoms with Crippen molar-refractivity contribution in [2.45, 2.75) is 13.0 Å². The molecule has 0 aliphatic carbocycles. The van der Waals surface area contributed by atoms with Crippen LogP contribution in [0.4, 0.5) is 0 Å². The Hall–Kier alpha value is -1.28. The molecule has 2 N–H and O–H groups in total. The summed E-state index contributed by atoms with van der Waals surface area (Å²) in [7, 11) is 0. The van der Waals surface area contributed by atoms with E-state index in [0.717, 1.165) is 6.54 Å². The van der Waals surface area contributed by atoms with Gasteiger partial charge in [-0.3, -0.25) is 0 Å². The van der Waals surface area contributed by atoms with E-state index in [9.17, 15) is 0 Å². The summed E-state index contributed by atoms with van der Waals surface area (Å²) < 4.78 is 0. The molecule has 1 aliphatic heterocycles. The van der Waals surface area contributed by atoms with Gasteiger partial charge in [-0.15, -0.1) is 0 Å². The van der Waals surface area contributed by atoms with Gasteiger partial charge in [-0.2, -0.15) is 0 Å². The lowest BCUT2D eigenvalue weighted by Crippen LogP contribution is -1.81. The van der Waals surface area contributed by atoms with Gasteiger partial charge in [0.25, 0.3) is 0 Å². The molecule has 0 unspecified atom stereocenters. The van der Waals surface area contributed by atoms with Crippen molar-refractivity contribution in [3.63, 3.8) is 0 Å². The molecule has 1 aliphatic rings. The Bertz CT molecular complexity index is 452. The Kier molecular flexibility index (Phi) is 1.30. The lowest BCUT2D eigenvalue weighted by atomic mass is 10.2. The minimum Gasteiger partial charge on any atom is -0.357 e. The SMILES string of the molecule is Cc1ccc2[nH]c([C@H]3CN3)cc2c1. The van der Waals surface area contributed by atoms with Crippen molar-refractivity contribution in [1.29, 1.82) is 0 Å². The van der Waals surface area contributed by atoms with Crippen molar-refractivity contribution in [2.75, 3.05) is 6.54 Å². The van der Waals surface area contributed by atoms with Crippen LogP contribution >= 0.6 is 0 Å². The number of aromatic nitrogens is 1. The molecule has 1 saturated heterocycles. The first-order chi connectivity index (χ1) is 6.33. The van der Waals surface area contributed by atoms with Crippen molar-refractivity contribution in [2.24, 2.45) is 0 Å². The predicted octanol–water partition coefficient (Wildman–Crippen LogP) is 2.12. The minimum atomic E-state index is 0.577. The lowest BCUT2D eigenvalue weighted by Gasteiger charge is -1.90. The predicted molar refractivity (Wildman–Crippen MR) is 53.8 cm³/mol. The van der Waals surface area contributed by atoms with Crippen LogP contribution in [-0.4, -0.2) is 11.5 Å². The van der Waals surface area contributed by atoms with Crippen LogP contribution in [0.2, 0.25) is 0 Å². The molecular weight excluding hydrogens is 160 g/mol. The van der Waals surface area contributed by atoms with Gasteiger partial charge in [0.1, 0.15) is 0 Å². The van der Waals surface area contributed by atoms with Crippen LogP contribution in [0.15, 0.2) is 24.3 Å². The molecule has 1 aromatic heterocycles. The monoisotopic (exact) mass is 172 g/mol. The quantitative estimate of drug-likeness (QED) is 0.635. The van der Waals surface area contributed by atoms with E-state index in [2.05, 4.69) is 41.5 Å². The van der Waals surface area contributed by atoms with E-state index in [1.807, 2.05) is 0 Å². The van der Waals surface area contributed by atoms with Crippen LogP contribution in [0.1, 0.15) is 17.3 Å². The second-order valence-electron chi connectivity index (χ2n) is 3.78. The molecule has 0 bridgehead atoms. The lowest BCUT2D eigenvalue weighted by molar-refractivity contribution is 1.02. The molecule has 66 valence electrons. The molecule has 1 fully saturated rings. The van der Waals surface area contributed by atoms with Gasteiger partial charge in [0.2, 0.25) is 0 Å². The number of fused-ring (bicyclic) bond motifs is 1. The van der Waals surface area contributed by atoms with Crippen molar-refractivity contribution in [1.82, 2.24) is 10.3 Å². The third-order valence-corrected chi connectivity index (χ3v) is 2.58. The molecule has 2 nitrogen and oxygen atoms in total. The highest BCUT2D eigenvalue weighted by Crippen LogP contribution is 2.25. The number of hydrogen-bond donors (Lipinski definition) is 2. The Morgan fingerprint density at radius 3 is 2.92 bits per heavy atom. The van der Waals surface area contributed by atoms with E-state index in [-0.39, 0.29) is 0 Å². The van der Waals surface area contributed by atoms with Crippen LogP contribution in [0.5, 0.6) is 0 Å². The fourth-order valence-corrected chi connectivity index (χ4v) is 1.74. The Labute approximate surface area is 77.0 Å². The molecule has 13 heavy (non-hydrogen) atoms. The second kappa shape index (κ2) is 2.36. The zero-order valence-electron chi connectivity index (χ0n) is 7.59. The summed E-state index contributed by atoms with van der Waals surface area (Å²) in [6.45, 7) is 3.24. The number of aryl methyl sites for hydroxylation is 1. The molecule has 2 heterocycles. The zero-order chi connectivity index (χ0) is 8.84. The van der Waals surface area contributed by atoms with Gasteiger partial charge < -0.3 is 10.3 Å². The summed E-state index contributed by atoms with van der Waals surface area (Å²) in [6, 6.07) is 9.33. The maximum Gasteiger partial charge on any atom is 0.0600 e. The Balaban J connectivity index is 2.20. The first-order valence-corrected chi connectivity index (χ1v) is 4.65. The highest BCUT2D eigenvalue weighted by molar-refractivity contribution is 5.81. The first kappa shape index (κ1) is 7.15. The molecule has 1 aromatic carbocycles. The number of nitrogens with one attached hydrogen (secondary N) is 2. The van der Waals surface area contributed by atoms with Crippen LogP contribution in [0.3, 0.4) is 0 Å². The van der Waals surface area contributed by atoms with Gasteiger partial charge in [0, 0.05) is 17.8 Å². The fraction of sp³-hybridized carbons (Fsp3) is 0.273. The minimum absolute atomic E-state index is 0.577. The second-order valence-corrected chi connectivity index (χ2v) is 3.78. The number of rotatable bonds is 1. The Morgan fingerprint density at radius 2 is 2.15 bits per heavy atom. The maximum absolute atomic E-state index is 3.42. The van der Waals surface area contributed by atoms with Gasteiger partial charge in [0.15, 0.2) is 0 Å². The van der Waals surface area contributed by atoms with Crippen molar-refractivity contribution >= 4 is 10.9 Å². The third kappa shape index (κ3) is 1.14. The highest BCUT2D eigenvalue weighted by atomic mass is 15.1. The van der Waals surface area contributed by atoms with Gasteiger partial charge in [-0.1, -0.05) is 11.6 Å². The topological polar surface area (TPSA) is 37.7 Å². The number of benzene rings is 1. The average molecular weight is 172 g/mol. The van der Waals surface area contributed by atoms with Crippen LogP contribution in [0.25, 0.3) is 10.9 Å². The van der Waals surface area contributed by atoms with Crippen molar-refractivity contribution in [3.05, 3.63) is 35.5 Å². The smallest absolute Gasteiger partial charge is 0.0600 e. The van der Waals surface area contributed by atoms with Crippen LogP contribution in [-0.2, 0) is 0 Å². The number of H-pyrrole nitrogens is 1. The molecule has 0 saturated carbocycles. The molecule has 0 spiro atoms. The number of aromatic amines is 1. The van der Waals surface area contributed by atoms with E-state index in [4.69, 9.17) is 0 Å². The van der Waals surface area contributed by atoms with Gasteiger partial charge >= 0.3 is 0 Å². The van der Waals surface area contributed by atoms with Gasteiger partial charge in [-0.25, -0.2) is 0 Å². The van der Waals surface area contributed by atoms with E-state index in [0.29, 0.717) is 6.04 Å². The molecule has 1 atom stereocenters. The molecule has 3 rings (SSSR count). The van der Waals surface area contributed by atoms with Crippen molar-refractivity contribution in [3.8, 4) is 0 Å². The largest absolute Gasteiger partial charge is 0.357 e. The third-order valence-electron chi connectivity index (χ3n) is 2.58. The molecule has 2 heteroatoms. The standard InChI is InChI=1S/C11H12N2/c1-7-2-3-9-8(4-7)5-10(13-9)11-6-12-11/h2-5,11-13H,6H2,1H3/t11-/m1/s1. The summed E-state index contributed by atoms with van der Waals surface area (Å²) in [4.78, 5) is 3.42. The molecular formula is C11H12N2. The molecule has 0 amide bonds. The summed E-state index contributed by atoms with van der Waals surface area (Å²) in [6.07, 6.45) is 0. The first-order valence-electron chi connectivity index (χ1n) is 4.65. The summed E-state index contributed by atoms with van der Waals surface area (Å²) in [5.74, 6) is 0. The normalized spacial score (nSPS) is 20.8. The van der Waals surface area contributed by atoms with Crippen LogP contribution in [0, 0.1) is 6.92 Å². The fourth-order valence-electron chi connectivity index (χ4n) is 1.74. The highest BCUT2D eigenvalue weighted by Gasteiger charge is 2.23. The summed E-state index contributed by atoms with van der Waals surface area (Å²) in [5, 5.41) is 4.62. The van der Waals surface area contributed by atoms with E-state index >= 15 is 0 Å². The maximum atomic E-state index is 3.42. The van der Waals surface area contributed by atoms with Crippen molar-refractivity contribution < 1.29 is 0 Å².